The standard InChI is InChI=1S/C17H14F3N5/c1-25(10-11-5-3-2-4-6-11)17-23-14(9-21-24-17)22-13-8-7-12(18)15(19)16(13)20/h2-9H,10H2,1H3,(H,22,23,24). The number of nitrogens with zero attached hydrogens (tertiary/aromatic N) is 4. The number of nitrogens with one attached hydrogen (secondary N) is 1. The van der Waals surface area contributed by atoms with Crippen LogP contribution in [0, 0.1) is 17.5 Å². The maximum absolute atomic E-state index is 13.7. The molecule has 0 fully saturated rings. The van der Waals surface area contributed by atoms with E-state index in [4.69, 9.17) is 0 Å². The van der Waals surface area contributed by atoms with Crippen LogP contribution in [-0.4, -0.2) is 22.2 Å². The molecule has 8 heteroatoms. The Morgan fingerprint density at radius 3 is 2.52 bits per heavy atom. The highest BCUT2D eigenvalue weighted by molar-refractivity contribution is 5.57. The van der Waals surface area contributed by atoms with Crippen molar-refractivity contribution in [2.75, 3.05) is 17.3 Å². The van der Waals surface area contributed by atoms with Gasteiger partial charge in [-0.15, -0.1) is 5.10 Å². The van der Waals surface area contributed by atoms with E-state index in [0.717, 1.165) is 17.7 Å². The molecule has 1 aromatic heterocycles. The van der Waals surface area contributed by atoms with E-state index in [1.807, 2.05) is 30.3 Å². The highest BCUT2D eigenvalue weighted by Crippen LogP contribution is 2.23. The summed E-state index contributed by atoms with van der Waals surface area (Å²) in [6.45, 7) is 0.547. The minimum atomic E-state index is -1.55. The van der Waals surface area contributed by atoms with Gasteiger partial charge in [-0.1, -0.05) is 30.3 Å². The number of hydrogen-bond acceptors (Lipinski definition) is 5. The molecule has 0 amide bonds. The summed E-state index contributed by atoms with van der Waals surface area (Å²) in [6.07, 6.45) is 1.26. The van der Waals surface area contributed by atoms with E-state index < -0.39 is 17.5 Å². The SMILES string of the molecule is CN(Cc1ccccc1)c1nncc(Nc2ccc(F)c(F)c2F)n1. The number of hydrogen-bond donors (Lipinski definition) is 1. The smallest absolute Gasteiger partial charge is 0.247 e. The van der Waals surface area contributed by atoms with E-state index >= 15 is 0 Å². The predicted octanol–water partition coefficient (Wildman–Crippen LogP) is 3.67. The maximum Gasteiger partial charge on any atom is 0.247 e. The van der Waals surface area contributed by atoms with Gasteiger partial charge in [-0.25, -0.2) is 13.2 Å². The third-order valence-electron chi connectivity index (χ3n) is 3.45. The van der Waals surface area contributed by atoms with Crippen molar-refractivity contribution in [2.24, 2.45) is 0 Å². The summed E-state index contributed by atoms with van der Waals surface area (Å²) in [5.41, 5.74) is 0.815. The summed E-state index contributed by atoms with van der Waals surface area (Å²) < 4.78 is 40.0. The number of aromatic nitrogens is 3. The summed E-state index contributed by atoms with van der Waals surface area (Å²) in [4.78, 5) is 5.97. The van der Waals surface area contributed by atoms with Gasteiger partial charge in [-0.05, 0) is 17.7 Å². The molecule has 3 rings (SSSR count). The first-order chi connectivity index (χ1) is 12.0. The van der Waals surface area contributed by atoms with Gasteiger partial charge in [0.2, 0.25) is 5.95 Å². The summed E-state index contributed by atoms with van der Waals surface area (Å²) in [6, 6.07) is 11.6. The lowest BCUT2D eigenvalue weighted by molar-refractivity contribution is 0.449. The summed E-state index contributed by atoms with van der Waals surface area (Å²) in [5.74, 6) is -3.66. The first-order valence-electron chi connectivity index (χ1n) is 7.40. The molecule has 0 radical (unpaired) electrons. The molecular formula is C17H14F3N5. The van der Waals surface area contributed by atoms with Crippen LogP contribution in [-0.2, 0) is 6.54 Å². The van der Waals surface area contributed by atoms with Crippen molar-refractivity contribution in [1.29, 1.82) is 0 Å². The Labute approximate surface area is 142 Å². The second-order valence-corrected chi connectivity index (χ2v) is 5.33. The average molecular weight is 345 g/mol. The van der Waals surface area contributed by atoms with E-state index in [0.29, 0.717) is 12.5 Å². The molecular weight excluding hydrogens is 331 g/mol. The normalized spacial score (nSPS) is 10.6. The average Bonchev–Trinajstić information content (AvgIpc) is 2.63. The van der Waals surface area contributed by atoms with E-state index in [-0.39, 0.29) is 11.5 Å². The number of halogens is 3. The molecule has 3 aromatic rings. The predicted molar refractivity (Wildman–Crippen MR) is 88.0 cm³/mol. The fourth-order valence-electron chi connectivity index (χ4n) is 2.20. The summed E-state index contributed by atoms with van der Waals surface area (Å²) >= 11 is 0. The van der Waals surface area contributed by atoms with Crippen LogP contribution in [0.4, 0.5) is 30.6 Å². The lowest BCUT2D eigenvalue weighted by atomic mass is 10.2. The molecule has 128 valence electrons. The van der Waals surface area contributed by atoms with Gasteiger partial charge in [0.15, 0.2) is 23.3 Å². The van der Waals surface area contributed by atoms with Gasteiger partial charge in [-0.2, -0.15) is 10.1 Å². The third kappa shape index (κ3) is 3.85. The van der Waals surface area contributed by atoms with Crippen LogP contribution in [0.1, 0.15) is 5.56 Å². The topological polar surface area (TPSA) is 53.9 Å². The Kier molecular flexibility index (Phi) is 4.78. The summed E-state index contributed by atoms with van der Waals surface area (Å²) in [7, 11) is 1.78. The van der Waals surface area contributed by atoms with E-state index in [1.54, 1.807) is 11.9 Å². The van der Waals surface area contributed by atoms with Crippen molar-refractivity contribution in [3.05, 3.63) is 71.7 Å². The molecule has 0 spiro atoms. The van der Waals surface area contributed by atoms with E-state index in [2.05, 4.69) is 20.5 Å². The third-order valence-corrected chi connectivity index (χ3v) is 3.45. The Balaban J connectivity index is 1.79. The van der Waals surface area contributed by atoms with Gasteiger partial charge in [-0.3, -0.25) is 0 Å². The van der Waals surface area contributed by atoms with Crippen molar-refractivity contribution in [3.63, 3.8) is 0 Å². The zero-order valence-corrected chi connectivity index (χ0v) is 13.2. The summed E-state index contributed by atoms with van der Waals surface area (Å²) in [5, 5.41) is 10.3. The fraction of sp³-hybridized carbons (Fsp3) is 0.118. The minimum absolute atomic E-state index is 0.162. The molecule has 5 nitrogen and oxygen atoms in total. The Hall–Kier alpha value is -3.16. The number of rotatable bonds is 5. The molecule has 0 atom stereocenters. The van der Waals surface area contributed by atoms with Crippen molar-refractivity contribution >= 4 is 17.5 Å². The van der Waals surface area contributed by atoms with Crippen molar-refractivity contribution in [3.8, 4) is 0 Å². The molecule has 0 aliphatic heterocycles. The zero-order valence-electron chi connectivity index (χ0n) is 13.2. The molecule has 1 N–H and O–H groups in total. The molecule has 1 heterocycles. The van der Waals surface area contributed by atoms with Gasteiger partial charge in [0.1, 0.15) is 0 Å². The molecule has 0 unspecified atom stereocenters. The first kappa shape index (κ1) is 16.7. The maximum atomic E-state index is 13.7. The van der Waals surface area contributed by atoms with Crippen LogP contribution < -0.4 is 10.2 Å². The largest absolute Gasteiger partial charge is 0.338 e. The number of benzene rings is 2. The van der Waals surface area contributed by atoms with Crippen LogP contribution >= 0.6 is 0 Å². The monoisotopic (exact) mass is 345 g/mol. The Morgan fingerprint density at radius 1 is 1.00 bits per heavy atom. The molecule has 0 saturated carbocycles. The lowest BCUT2D eigenvalue weighted by Gasteiger charge is -2.17. The van der Waals surface area contributed by atoms with Crippen LogP contribution in [0.5, 0.6) is 0 Å². The minimum Gasteiger partial charge on any atom is -0.338 e. The van der Waals surface area contributed by atoms with Gasteiger partial charge in [0.25, 0.3) is 0 Å². The van der Waals surface area contributed by atoms with Crippen LogP contribution in [0.15, 0.2) is 48.7 Å². The Morgan fingerprint density at radius 2 is 1.76 bits per heavy atom. The first-order valence-corrected chi connectivity index (χ1v) is 7.40. The van der Waals surface area contributed by atoms with Gasteiger partial charge in [0.05, 0.1) is 11.9 Å². The molecule has 2 aromatic carbocycles. The molecule has 0 aliphatic carbocycles. The fourth-order valence-corrected chi connectivity index (χ4v) is 2.20. The second kappa shape index (κ2) is 7.16. The quantitative estimate of drug-likeness (QED) is 0.715. The second-order valence-electron chi connectivity index (χ2n) is 5.33. The number of anilines is 3. The zero-order chi connectivity index (χ0) is 17.8. The molecule has 25 heavy (non-hydrogen) atoms. The van der Waals surface area contributed by atoms with E-state index in [9.17, 15) is 13.2 Å². The van der Waals surface area contributed by atoms with Crippen molar-refractivity contribution < 1.29 is 13.2 Å². The van der Waals surface area contributed by atoms with Crippen molar-refractivity contribution in [1.82, 2.24) is 15.2 Å². The highest BCUT2D eigenvalue weighted by atomic mass is 19.2. The molecule has 0 bridgehead atoms. The lowest BCUT2D eigenvalue weighted by Crippen LogP contribution is -2.20. The Bertz CT molecular complexity index is 873. The molecule has 0 aliphatic rings. The van der Waals surface area contributed by atoms with Crippen LogP contribution in [0.25, 0.3) is 0 Å². The van der Waals surface area contributed by atoms with Gasteiger partial charge >= 0.3 is 0 Å². The molecule has 0 saturated heterocycles. The van der Waals surface area contributed by atoms with Crippen LogP contribution in [0.2, 0.25) is 0 Å². The van der Waals surface area contributed by atoms with Crippen LogP contribution in [0.3, 0.4) is 0 Å². The van der Waals surface area contributed by atoms with Crippen molar-refractivity contribution in [2.45, 2.75) is 6.54 Å². The highest BCUT2D eigenvalue weighted by Gasteiger charge is 2.14. The van der Waals surface area contributed by atoms with Gasteiger partial charge in [0, 0.05) is 13.6 Å². The van der Waals surface area contributed by atoms with Gasteiger partial charge < -0.3 is 10.2 Å². The van der Waals surface area contributed by atoms with E-state index in [1.165, 1.54) is 6.20 Å².